The molecule has 0 fully saturated rings. The third kappa shape index (κ3) is 2.69. The van der Waals surface area contributed by atoms with Gasteiger partial charge in [-0.15, -0.1) is 0 Å². The number of unbranched alkanes of at least 4 members (excludes halogenated alkanes) is 1. The molecule has 0 heterocycles. The highest BCUT2D eigenvalue weighted by atomic mass is 14.1. The van der Waals surface area contributed by atoms with Crippen molar-refractivity contribution in [3.63, 3.8) is 0 Å². The van der Waals surface area contributed by atoms with Crippen LogP contribution in [0.1, 0.15) is 38.2 Å². The van der Waals surface area contributed by atoms with Gasteiger partial charge in [-0.3, -0.25) is 0 Å². The highest BCUT2D eigenvalue weighted by molar-refractivity contribution is 5.18. The molecule has 0 saturated heterocycles. The highest BCUT2D eigenvalue weighted by Crippen LogP contribution is 2.19. The van der Waals surface area contributed by atoms with E-state index in [-0.39, 0.29) is 0 Å². The summed E-state index contributed by atoms with van der Waals surface area (Å²) in [6, 6.07) is 10.7. The molecule has 0 bridgehead atoms. The van der Waals surface area contributed by atoms with Crippen molar-refractivity contribution in [2.75, 3.05) is 0 Å². The standard InChI is InChI=1S/C12H17/c1-3-4-8-11(2)12-9-6-5-7-10-12/h4-7,9-11H,3,8H2,1-2H3. The smallest absolute Gasteiger partial charge is 0.0188 e. The van der Waals surface area contributed by atoms with Crippen LogP contribution in [0.3, 0.4) is 0 Å². The van der Waals surface area contributed by atoms with Crippen LogP contribution in [0, 0.1) is 6.42 Å². The Morgan fingerprint density at radius 3 is 2.50 bits per heavy atom. The van der Waals surface area contributed by atoms with E-state index in [1.54, 1.807) is 0 Å². The van der Waals surface area contributed by atoms with Crippen LogP contribution in [0.25, 0.3) is 0 Å². The minimum Gasteiger partial charge on any atom is -0.0651 e. The van der Waals surface area contributed by atoms with E-state index in [9.17, 15) is 0 Å². The van der Waals surface area contributed by atoms with Crippen molar-refractivity contribution in [1.29, 1.82) is 0 Å². The molecule has 1 rings (SSSR count). The van der Waals surface area contributed by atoms with Gasteiger partial charge in [0.15, 0.2) is 0 Å². The van der Waals surface area contributed by atoms with Crippen LogP contribution in [0.5, 0.6) is 0 Å². The predicted octanol–water partition coefficient (Wildman–Crippen LogP) is 3.79. The first-order valence-corrected chi connectivity index (χ1v) is 4.71. The van der Waals surface area contributed by atoms with Gasteiger partial charge in [-0.2, -0.15) is 0 Å². The molecule has 1 aromatic carbocycles. The van der Waals surface area contributed by atoms with Crippen LogP contribution < -0.4 is 0 Å². The quantitative estimate of drug-likeness (QED) is 0.630. The molecule has 0 saturated carbocycles. The van der Waals surface area contributed by atoms with Gasteiger partial charge in [-0.05, 0) is 24.3 Å². The Morgan fingerprint density at radius 1 is 1.25 bits per heavy atom. The molecule has 1 unspecified atom stereocenters. The zero-order valence-corrected chi connectivity index (χ0v) is 7.96. The fraction of sp³-hybridized carbons (Fsp3) is 0.417. The lowest BCUT2D eigenvalue weighted by molar-refractivity contribution is 0.726. The number of hydrogen-bond acceptors (Lipinski definition) is 0. The first-order valence-electron chi connectivity index (χ1n) is 4.71. The summed E-state index contributed by atoms with van der Waals surface area (Å²) >= 11 is 0. The summed E-state index contributed by atoms with van der Waals surface area (Å²) < 4.78 is 0. The molecule has 0 aliphatic rings. The summed E-state index contributed by atoms with van der Waals surface area (Å²) in [5, 5.41) is 0. The third-order valence-corrected chi connectivity index (χ3v) is 2.18. The molecule has 0 aliphatic carbocycles. The zero-order chi connectivity index (χ0) is 8.81. The van der Waals surface area contributed by atoms with E-state index < -0.39 is 0 Å². The van der Waals surface area contributed by atoms with Crippen LogP contribution in [-0.2, 0) is 0 Å². The van der Waals surface area contributed by atoms with Crippen molar-refractivity contribution < 1.29 is 0 Å². The van der Waals surface area contributed by atoms with Crippen LogP contribution in [0.15, 0.2) is 30.3 Å². The van der Waals surface area contributed by atoms with E-state index in [4.69, 9.17) is 0 Å². The van der Waals surface area contributed by atoms with E-state index in [0.29, 0.717) is 5.92 Å². The minimum absolute atomic E-state index is 0.672. The molecule has 0 N–H and O–H groups in total. The summed E-state index contributed by atoms with van der Waals surface area (Å²) in [5.41, 5.74) is 1.45. The number of rotatable bonds is 4. The maximum atomic E-state index is 2.34. The molecular formula is C12H17. The Balaban J connectivity index is 2.48. The molecule has 0 spiro atoms. The fourth-order valence-electron chi connectivity index (χ4n) is 1.33. The molecular weight excluding hydrogens is 144 g/mol. The zero-order valence-electron chi connectivity index (χ0n) is 7.96. The maximum absolute atomic E-state index is 2.34. The van der Waals surface area contributed by atoms with Gasteiger partial charge in [0, 0.05) is 0 Å². The number of benzene rings is 1. The summed E-state index contributed by atoms with van der Waals surface area (Å²) in [5.74, 6) is 0.672. The van der Waals surface area contributed by atoms with E-state index in [2.05, 4.69) is 50.6 Å². The van der Waals surface area contributed by atoms with E-state index in [1.165, 1.54) is 18.4 Å². The van der Waals surface area contributed by atoms with E-state index in [0.717, 1.165) is 0 Å². The molecule has 0 amide bonds. The first-order chi connectivity index (χ1) is 5.84. The predicted molar refractivity (Wildman–Crippen MR) is 54.1 cm³/mol. The van der Waals surface area contributed by atoms with E-state index >= 15 is 0 Å². The van der Waals surface area contributed by atoms with Gasteiger partial charge >= 0.3 is 0 Å². The van der Waals surface area contributed by atoms with Crippen molar-refractivity contribution in [2.45, 2.75) is 32.6 Å². The monoisotopic (exact) mass is 161 g/mol. The highest BCUT2D eigenvalue weighted by Gasteiger charge is 2.02. The second-order valence-electron chi connectivity index (χ2n) is 3.24. The lowest BCUT2D eigenvalue weighted by Gasteiger charge is -2.09. The van der Waals surface area contributed by atoms with Gasteiger partial charge in [-0.1, -0.05) is 50.6 Å². The van der Waals surface area contributed by atoms with Crippen molar-refractivity contribution >= 4 is 0 Å². The Labute approximate surface area is 75.6 Å². The number of hydrogen-bond donors (Lipinski definition) is 0. The average Bonchev–Trinajstić information content (AvgIpc) is 2.15. The summed E-state index contributed by atoms with van der Waals surface area (Å²) in [7, 11) is 0. The first kappa shape index (κ1) is 9.31. The molecule has 1 atom stereocenters. The van der Waals surface area contributed by atoms with E-state index in [1.807, 2.05) is 0 Å². The largest absolute Gasteiger partial charge is 0.0651 e. The van der Waals surface area contributed by atoms with Crippen molar-refractivity contribution in [3.05, 3.63) is 42.3 Å². The summed E-state index contributed by atoms with van der Waals surface area (Å²) in [4.78, 5) is 0. The topological polar surface area (TPSA) is 0 Å². The van der Waals surface area contributed by atoms with Gasteiger partial charge in [0.05, 0.1) is 0 Å². The Kier molecular flexibility index (Phi) is 3.86. The van der Waals surface area contributed by atoms with Crippen LogP contribution in [0.2, 0.25) is 0 Å². The van der Waals surface area contributed by atoms with Crippen molar-refractivity contribution in [3.8, 4) is 0 Å². The van der Waals surface area contributed by atoms with Crippen molar-refractivity contribution in [1.82, 2.24) is 0 Å². The Bertz CT molecular complexity index is 201. The fourth-order valence-corrected chi connectivity index (χ4v) is 1.33. The normalized spacial score (nSPS) is 12.8. The molecule has 65 valence electrons. The molecule has 0 aliphatic heterocycles. The molecule has 1 aromatic rings. The van der Waals surface area contributed by atoms with Gasteiger partial charge < -0.3 is 0 Å². The Morgan fingerprint density at radius 2 is 1.92 bits per heavy atom. The minimum atomic E-state index is 0.672. The van der Waals surface area contributed by atoms with Crippen LogP contribution in [-0.4, -0.2) is 0 Å². The van der Waals surface area contributed by atoms with Gasteiger partial charge in [0.1, 0.15) is 0 Å². The molecule has 0 aromatic heterocycles. The van der Waals surface area contributed by atoms with Crippen molar-refractivity contribution in [2.24, 2.45) is 0 Å². The molecule has 0 heteroatoms. The average molecular weight is 161 g/mol. The Hall–Kier alpha value is -0.780. The lowest BCUT2D eigenvalue weighted by atomic mass is 9.96. The molecule has 0 nitrogen and oxygen atoms in total. The van der Waals surface area contributed by atoms with Crippen LogP contribution in [0.4, 0.5) is 0 Å². The van der Waals surface area contributed by atoms with Crippen LogP contribution >= 0.6 is 0 Å². The van der Waals surface area contributed by atoms with Gasteiger partial charge in [0.25, 0.3) is 0 Å². The second-order valence-corrected chi connectivity index (χ2v) is 3.24. The summed E-state index contributed by atoms with van der Waals surface area (Å²) in [6.45, 7) is 4.47. The molecule has 12 heavy (non-hydrogen) atoms. The lowest BCUT2D eigenvalue weighted by Crippen LogP contribution is -1.92. The van der Waals surface area contributed by atoms with Gasteiger partial charge in [0.2, 0.25) is 0 Å². The second kappa shape index (κ2) is 4.97. The van der Waals surface area contributed by atoms with Gasteiger partial charge in [-0.25, -0.2) is 0 Å². The maximum Gasteiger partial charge on any atom is -0.0188 e. The third-order valence-electron chi connectivity index (χ3n) is 2.18. The molecule has 1 radical (unpaired) electrons. The summed E-state index contributed by atoms with van der Waals surface area (Å²) in [6.07, 6.45) is 4.72. The SMILES string of the molecule is CC[CH]CC(C)c1ccccc1.